The Hall–Kier alpha value is -2.99. The highest BCUT2D eigenvalue weighted by Crippen LogP contribution is 2.24. The number of fused-ring (bicyclic) bond motifs is 1. The van der Waals surface area contributed by atoms with E-state index in [1.807, 2.05) is 47.5 Å². The molecule has 31 heavy (non-hydrogen) atoms. The predicted molar refractivity (Wildman–Crippen MR) is 124 cm³/mol. The van der Waals surface area contributed by atoms with Crippen molar-refractivity contribution in [2.45, 2.75) is 18.9 Å². The number of likely N-dealkylation sites (tertiary alicyclic amines) is 1. The van der Waals surface area contributed by atoms with Gasteiger partial charge in [-0.25, -0.2) is 0 Å². The Balaban J connectivity index is 1.20. The van der Waals surface area contributed by atoms with Gasteiger partial charge in [-0.2, -0.15) is 0 Å². The molecule has 5 rings (SSSR count). The van der Waals surface area contributed by atoms with Crippen LogP contribution in [0.5, 0.6) is 5.75 Å². The van der Waals surface area contributed by atoms with Gasteiger partial charge in [-0.15, -0.1) is 0 Å². The molecule has 1 atom stereocenters. The van der Waals surface area contributed by atoms with E-state index in [2.05, 4.69) is 26.9 Å². The van der Waals surface area contributed by atoms with Crippen molar-refractivity contribution in [3.8, 4) is 5.75 Å². The number of benzene rings is 2. The number of anilines is 1. The summed E-state index contributed by atoms with van der Waals surface area (Å²) in [5, 5.41) is 1.14. The van der Waals surface area contributed by atoms with Gasteiger partial charge >= 0.3 is 0 Å². The van der Waals surface area contributed by atoms with Gasteiger partial charge in [0, 0.05) is 68.3 Å². The first-order valence-electron chi connectivity index (χ1n) is 11.2. The molecule has 2 aliphatic rings. The second kappa shape index (κ2) is 8.63. The largest absolute Gasteiger partial charge is 0.497 e. The number of carbonyl (C=O) groups excluding carboxylic acids is 1. The summed E-state index contributed by atoms with van der Waals surface area (Å²) in [6.45, 7) is 5.77. The number of amides is 1. The topological polar surface area (TPSA) is 51.8 Å². The molecule has 1 aromatic heterocycles. The molecule has 1 N–H and O–H groups in total. The van der Waals surface area contributed by atoms with Crippen LogP contribution < -0.4 is 9.64 Å². The highest BCUT2D eigenvalue weighted by Gasteiger charge is 2.30. The van der Waals surface area contributed by atoms with Crippen molar-refractivity contribution >= 4 is 22.5 Å². The van der Waals surface area contributed by atoms with Gasteiger partial charge in [0.2, 0.25) is 0 Å². The number of ether oxygens (including phenoxy) is 1. The Morgan fingerprint density at radius 3 is 2.58 bits per heavy atom. The van der Waals surface area contributed by atoms with Crippen LogP contribution in [0, 0.1) is 0 Å². The van der Waals surface area contributed by atoms with Crippen LogP contribution in [-0.4, -0.2) is 73.1 Å². The van der Waals surface area contributed by atoms with Crippen LogP contribution in [0.1, 0.15) is 23.2 Å². The molecule has 1 amide bonds. The van der Waals surface area contributed by atoms with Gasteiger partial charge in [-0.3, -0.25) is 9.69 Å². The molecule has 162 valence electrons. The van der Waals surface area contributed by atoms with Crippen LogP contribution in [0.4, 0.5) is 5.69 Å². The van der Waals surface area contributed by atoms with Crippen molar-refractivity contribution in [1.82, 2.24) is 14.8 Å². The lowest BCUT2D eigenvalue weighted by Crippen LogP contribution is -2.55. The minimum Gasteiger partial charge on any atom is -0.497 e. The molecule has 0 bridgehead atoms. The van der Waals surface area contributed by atoms with Crippen LogP contribution in [-0.2, 0) is 0 Å². The molecule has 0 spiro atoms. The highest BCUT2D eigenvalue weighted by molar-refractivity contribution is 5.98. The summed E-state index contributed by atoms with van der Waals surface area (Å²) in [5.41, 5.74) is 3.05. The Bertz CT molecular complexity index is 1040. The van der Waals surface area contributed by atoms with Crippen molar-refractivity contribution in [3.63, 3.8) is 0 Å². The third kappa shape index (κ3) is 4.12. The van der Waals surface area contributed by atoms with Crippen molar-refractivity contribution in [3.05, 3.63) is 60.3 Å². The molecule has 2 aromatic carbocycles. The van der Waals surface area contributed by atoms with Gasteiger partial charge in [-0.05, 0) is 60.7 Å². The Labute approximate surface area is 183 Å². The number of piperidine rings is 1. The van der Waals surface area contributed by atoms with Crippen molar-refractivity contribution < 1.29 is 9.53 Å². The molecule has 3 heterocycles. The minimum absolute atomic E-state index is 0.151. The monoisotopic (exact) mass is 418 g/mol. The van der Waals surface area contributed by atoms with Crippen LogP contribution >= 0.6 is 0 Å². The van der Waals surface area contributed by atoms with Crippen molar-refractivity contribution in [1.29, 1.82) is 0 Å². The summed E-state index contributed by atoms with van der Waals surface area (Å²) in [6.07, 6.45) is 4.16. The summed E-state index contributed by atoms with van der Waals surface area (Å²) in [6, 6.07) is 16.8. The van der Waals surface area contributed by atoms with Crippen molar-refractivity contribution in [2.75, 3.05) is 51.3 Å². The zero-order chi connectivity index (χ0) is 21.2. The molecular formula is C25H30N4O2. The second-order valence-electron chi connectivity index (χ2n) is 8.55. The zero-order valence-corrected chi connectivity index (χ0v) is 18.1. The predicted octanol–water partition coefficient (Wildman–Crippen LogP) is 3.60. The fourth-order valence-electron chi connectivity index (χ4n) is 4.94. The highest BCUT2D eigenvalue weighted by atomic mass is 16.5. The molecule has 0 saturated carbocycles. The van der Waals surface area contributed by atoms with Crippen LogP contribution in [0.2, 0.25) is 0 Å². The molecule has 3 aromatic rings. The number of H-pyrrole nitrogens is 1. The molecule has 1 unspecified atom stereocenters. The first-order valence-corrected chi connectivity index (χ1v) is 11.2. The number of aromatic amines is 1. The lowest BCUT2D eigenvalue weighted by Gasteiger charge is -2.44. The van der Waals surface area contributed by atoms with E-state index in [4.69, 9.17) is 4.74 Å². The smallest absolute Gasteiger partial charge is 0.253 e. The maximum absolute atomic E-state index is 13.2. The van der Waals surface area contributed by atoms with E-state index in [-0.39, 0.29) is 5.91 Å². The molecule has 6 heteroatoms. The maximum atomic E-state index is 13.2. The third-order valence-corrected chi connectivity index (χ3v) is 6.75. The molecule has 2 aliphatic heterocycles. The quantitative estimate of drug-likeness (QED) is 0.703. The normalized spacial score (nSPS) is 20.2. The number of rotatable bonds is 4. The first kappa shape index (κ1) is 19.9. The molecule has 0 radical (unpaired) electrons. The van der Waals surface area contributed by atoms with E-state index in [1.54, 1.807) is 7.11 Å². The SMILES string of the molecule is COc1ccc(N2CCN(C3CCCN(C(=O)c4ccc5cc[nH]c5c4)C3)CC2)cc1. The molecule has 0 aliphatic carbocycles. The summed E-state index contributed by atoms with van der Waals surface area (Å²) in [7, 11) is 1.70. The molecular weight excluding hydrogens is 388 g/mol. The lowest BCUT2D eigenvalue weighted by atomic mass is 10.0. The van der Waals surface area contributed by atoms with E-state index < -0.39 is 0 Å². The first-order chi connectivity index (χ1) is 15.2. The van der Waals surface area contributed by atoms with Gasteiger partial charge in [0.25, 0.3) is 5.91 Å². The lowest BCUT2D eigenvalue weighted by molar-refractivity contribution is 0.0563. The van der Waals surface area contributed by atoms with Crippen LogP contribution in [0.15, 0.2) is 54.7 Å². The summed E-state index contributed by atoms with van der Waals surface area (Å²) < 4.78 is 5.27. The summed E-state index contributed by atoms with van der Waals surface area (Å²) in [4.78, 5) is 23.4. The van der Waals surface area contributed by atoms with Crippen LogP contribution in [0.25, 0.3) is 10.9 Å². The Morgan fingerprint density at radius 1 is 1.00 bits per heavy atom. The average molecular weight is 419 g/mol. The standard InChI is InChI=1S/C25H30N4O2/c1-31-23-8-6-21(7-9-23)27-13-15-28(16-14-27)22-3-2-12-29(18-22)25(30)20-5-4-19-10-11-26-24(19)17-20/h4-11,17,22,26H,2-3,12-16,18H2,1H3. The van der Waals surface area contributed by atoms with Crippen molar-refractivity contribution in [2.24, 2.45) is 0 Å². The van der Waals surface area contributed by atoms with Gasteiger partial charge in [0.15, 0.2) is 0 Å². The fourth-order valence-corrected chi connectivity index (χ4v) is 4.94. The van der Waals surface area contributed by atoms with Gasteiger partial charge < -0.3 is 19.5 Å². The van der Waals surface area contributed by atoms with Gasteiger partial charge in [0.1, 0.15) is 5.75 Å². The zero-order valence-electron chi connectivity index (χ0n) is 18.1. The number of carbonyl (C=O) groups is 1. The van der Waals surface area contributed by atoms with Crippen LogP contribution in [0.3, 0.4) is 0 Å². The number of hydrogen-bond donors (Lipinski definition) is 1. The van der Waals surface area contributed by atoms with E-state index in [1.165, 1.54) is 12.1 Å². The Morgan fingerprint density at radius 2 is 1.81 bits per heavy atom. The maximum Gasteiger partial charge on any atom is 0.253 e. The van der Waals surface area contributed by atoms with E-state index in [0.717, 1.165) is 67.9 Å². The number of aromatic nitrogens is 1. The fraction of sp³-hybridized carbons (Fsp3) is 0.400. The van der Waals surface area contributed by atoms with E-state index in [0.29, 0.717) is 6.04 Å². The van der Waals surface area contributed by atoms with E-state index in [9.17, 15) is 4.79 Å². The third-order valence-electron chi connectivity index (χ3n) is 6.75. The van der Waals surface area contributed by atoms with E-state index >= 15 is 0 Å². The number of piperazine rings is 1. The van der Waals surface area contributed by atoms with Gasteiger partial charge in [0.05, 0.1) is 7.11 Å². The summed E-state index contributed by atoms with van der Waals surface area (Å²) >= 11 is 0. The number of nitrogens with zero attached hydrogens (tertiary/aromatic N) is 3. The number of nitrogens with one attached hydrogen (secondary N) is 1. The van der Waals surface area contributed by atoms with Gasteiger partial charge in [-0.1, -0.05) is 6.07 Å². The number of methoxy groups -OCH3 is 1. The molecule has 6 nitrogen and oxygen atoms in total. The second-order valence-corrected chi connectivity index (χ2v) is 8.55. The minimum atomic E-state index is 0.151. The average Bonchev–Trinajstić information content (AvgIpc) is 3.32. The summed E-state index contributed by atoms with van der Waals surface area (Å²) in [5.74, 6) is 1.04. The Kier molecular flexibility index (Phi) is 5.55. The molecule has 2 fully saturated rings. The molecule has 2 saturated heterocycles. The number of hydrogen-bond acceptors (Lipinski definition) is 4.